The molecular weight excluding hydrogens is 136 g/mol. The molecule has 0 unspecified atom stereocenters. The lowest BCUT2D eigenvalue weighted by atomic mass is 10.4. The molecule has 0 spiro atoms. The molecule has 0 aliphatic heterocycles. The number of rotatable bonds is 2. The van der Waals surface area contributed by atoms with Crippen LogP contribution in [0.1, 0.15) is 11.5 Å². The van der Waals surface area contributed by atoms with E-state index in [1.807, 2.05) is 0 Å². The Kier molecular flexibility index (Phi) is 1.66. The smallest absolute Gasteiger partial charge is 0.263 e. The van der Waals surface area contributed by atoms with Crippen molar-refractivity contribution in [1.29, 1.82) is 0 Å². The predicted octanol–water partition coefficient (Wildman–Crippen LogP) is 0.760. The molecule has 1 heterocycles. The molecule has 5 nitrogen and oxygen atoms in total. The van der Waals surface area contributed by atoms with Crippen LogP contribution in [0.25, 0.3) is 0 Å². The molecule has 0 aliphatic rings. The zero-order chi connectivity index (χ0) is 7.56. The monoisotopic (exact) mass is 142 g/mol. The second kappa shape index (κ2) is 2.47. The van der Waals surface area contributed by atoms with Crippen molar-refractivity contribution in [2.24, 2.45) is 0 Å². The van der Waals surface area contributed by atoms with Gasteiger partial charge in [0.2, 0.25) is 5.76 Å². The van der Waals surface area contributed by atoms with Crippen LogP contribution >= 0.6 is 0 Å². The highest BCUT2D eigenvalue weighted by molar-refractivity contribution is 5.01. The maximum atomic E-state index is 9.90. The van der Waals surface area contributed by atoms with Crippen LogP contribution in [0.15, 0.2) is 10.6 Å². The van der Waals surface area contributed by atoms with Gasteiger partial charge in [-0.25, -0.2) is 0 Å². The van der Waals surface area contributed by atoms with Gasteiger partial charge in [0.1, 0.15) is 0 Å². The summed E-state index contributed by atoms with van der Waals surface area (Å²) in [6, 6.07) is 1.54. The van der Waals surface area contributed by atoms with Gasteiger partial charge in [0.05, 0.1) is 5.69 Å². The first-order valence-corrected chi connectivity index (χ1v) is 2.72. The van der Waals surface area contributed by atoms with Gasteiger partial charge in [-0.05, 0) is 6.92 Å². The van der Waals surface area contributed by atoms with E-state index in [0.717, 1.165) is 0 Å². The molecule has 0 fully saturated rings. The zero-order valence-corrected chi connectivity index (χ0v) is 5.40. The van der Waals surface area contributed by atoms with Gasteiger partial charge in [-0.1, -0.05) is 5.16 Å². The average Bonchev–Trinajstić information content (AvgIpc) is 2.13. The number of nitro groups is 1. The molecule has 1 aromatic rings. The number of aromatic nitrogens is 1. The highest BCUT2D eigenvalue weighted by Gasteiger charge is 2.05. The largest absolute Gasteiger partial charge is 0.354 e. The molecule has 0 bridgehead atoms. The van der Waals surface area contributed by atoms with Crippen LogP contribution in [0.3, 0.4) is 0 Å². The fraction of sp³-hybridized carbons (Fsp3) is 0.400. The summed E-state index contributed by atoms with van der Waals surface area (Å²) in [6.45, 7) is 1.42. The molecule has 0 aliphatic carbocycles. The van der Waals surface area contributed by atoms with Crippen molar-refractivity contribution in [3.8, 4) is 0 Å². The lowest BCUT2D eigenvalue weighted by molar-refractivity contribution is -0.499. The van der Waals surface area contributed by atoms with E-state index >= 15 is 0 Å². The summed E-state index contributed by atoms with van der Waals surface area (Å²) in [6.07, 6.45) is 0. The van der Waals surface area contributed by atoms with Gasteiger partial charge >= 0.3 is 0 Å². The third-order valence-corrected chi connectivity index (χ3v) is 0.962. The summed E-state index contributed by atoms with van der Waals surface area (Å²) >= 11 is 0. The molecular formula is C5H6N2O3. The second-order valence-electron chi connectivity index (χ2n) is 1.93. The van der Waals surface area contributed by atoms with Crippen molar-refractivity contribution in [2.45, 2.75) is 13.5 Å². The molecule has 0 saturated carbocycles. The first-order valence-electron chi connectivity index (χ1n) is 2.72. The maximum Gasteiger partial charge on any atom is 0.263 e. The standard InChI is InChI=1S/C5H6N2O3/c1-4-2-5(10-6-4)3-7(8)9/h2H,3H2,1H3. The zero-order valence-electron chi connectivity index (χ0n) is 5.40. The third kappa shape index (κ3) is 1.54. The van der Waals surface area contributed by atoms with Crippen molar-refractivity contribution in [2.75, 3.05) is 0 Å². The van der Waals surface area contributed by atoms with Gasteiger partial charge in [0, 0.05) is 11.0 Å². The van der Waals surface area contributed by atoms with Gasteiger partial charge in [0.25, 0.3) is 6.54 Å². The number of nitrogens with zero attached hydrogens (tertiary/aromatic N) is 2. The summed E-state index contributed by atoms with van der Waals surface area (Å²) in [5.74, 6) is 0.294. The fourth-order valence-electron chi connectivity index (χ4n) is 0.618. The Hall–Kier alpha value is -1.39. The van der Waals surface area contributed by atoms with E-state index in [2.05, 4.69) is 9.68 Å². The van der Waals surface area contributed by atoms with E-state index in [1.165, 1.54) is 0 Å². The maximum absolute atomic E-state index is 9.90. The average molecular weight is 142 g/mol. The van der Waals surface area contributed by atoms with Crippen LogP contribution in [0.2, 0.25) is 0 Å². The van der Waals surface area contributed by atoms with Crippen molar-refractivity contribution in [3.05, 3.63) is 27.6 Å². The van der Waals surface area contributed by atoms with Crippen LogP contribution < -0.4 is 0 Å². The van der Waals surface area contributed by atoms with Gasteiger partial charge in [-0.2, -0.15) is 0 Å². The Morgan fingerprint density at radius 3 is 3.00 bits per heavy atom. The quantitative estimate of drug-likeness (QED) is 0.451. The molecule has 1 rings (SSSR count). The van der Waals surface area contributed by atoms with E-state index in [9.17, 15) is 10.1 Å². The lowest BCUT2D eigenvalue weighted by Crippen LogP contribution is -1.95. The van der Waals surface area contributed by atoms with Crippen molar-refractivity contribution in [3.63, 3.8) is 0 Å². The van der Waals surface area contributed by atoms with Gasteiger partial charge in [0.15, 0.2) is 0 Å². The second-order valence-corrected chi connectivity index (χ2v) is 1.93. The number of hydrogen-bond acceptors (Lipinski definition) is 4. The summed E-state index contributed by atoms with van der Waals surface area (Å²) < 4.78 is 4.58. The minimum absolute atomic E-state index is 0.291. The topological polar surface area (TPSA) is 69.2 Å². The molecule has 10 heavy (non-hydrogen) atoms. The van der Waals surface area contributed by atoms with Crippen molar-refractivity contribution in [1.82, 2.24) is 5.16 Å². The van der Waals surface area contributed by atoms with E-state index in [4.69, 9.17) is 0 Å². The molecule has 5 heteroatoms. The molecule has 0 saturated heterocycles. The summed E-state index contributed by atoms with van der Waals surface area (Å²) in [5.41, 5.74) is 0.664. The third-order valence-electron chi connectivity index (χ3n) is 0.962. The van der Waals surface area contributed by atoms with E-state index < -0.39 is 4.92 Å². The Morgan fingerprint density at radius 2 is 2.60 bits per heavy atom. The van der Waals surface area contributed by atoms with E-state index in [-0.39, 0.29) is 6.54 Å². The first-order chi connectivity index (χ1) is 4.68. The lowest BCUT2D eigenvalue weighted by Gasteiger charge is -1.82. The van der Waals surface area contributed by atoms with Crippen LogP contribution in [0.4, 0.5) is 0 Å². The minimum Gasteiger partial charge on any atom is -0.354 e. The normalized spacial score (nSPS) is 9.70. The first kappa shape index (κ1) is 6.73. The molecule has 0 N–H and O–H groups in total. The molecule has 0 atom stereocenters. The van der Waals surface area contributed by atoms with Crippen molar-refractivity contribution < 1.29 is 9.45 Å². The SMILES string of the molecule is Cc1cc(C[N+](=O)[O-])on1. The Bertz CT molecular complexity index is 243. The van der Waals surface area contributed by atoms with Crippen molar-refractivity contribution >= 4 is 0 Å². The Labute approximate surface area is 56.8 Å². The van der Waals surface area contributed by atoms with Gasteiger partial charge in [-0.3, -0.25) is 10.1 Å². The molecule has 0 amide bonds. The molecule has 0 radical (unpaired) electrons. The minimum atomic E-state index is -0.458. The van der Waals surface area contributed by atoms with E-state index in [1.54, 1.807) is 13.0 Å². The Morgan fingerprint density at radius 1 is 1.90 bits per heavy atom. The van der Waals surface area contributed by atoms with Crippen LogP contribution in [-0.4, -0.2) is 10.1 Å². The van der Waals surface area contributed by atoms with Gasteiger partial charge < -0.3 is 4.52 Å². The highest BCUT2D eigenvalue weighted by atomic mass is 16.6. The van der Waals surface area contributed by atoms with E-state index in [0.29, 0.717) is 11.5 Å². The predicted molar refractivity (Wildman–Crippen MR) is 31.9 cm³/mol. The van der Waals surface area contributed by atoms with Crippen LogP contribution in [0, 0.1) is 17.0 Å². The number of aryl methyl sites for hydroxylation is 1. The molecule has 1 aromatic heterocycles. The summed E-state index contributed by atoms with van der Waals surface area (Å²) in [7, 11) is 0. The van der Waals surface area contributed by atoms with Crippen LogP contribution in [0.5, 0.6) is 0 Å². The number of hydrogen-bond donors (Lipinski definition) is 0. The summed E-state index contributed by atoms with van der Waals surface area (Å²) in [5, 5.41) is 13.4. The summed E-state index contributed by atoms with van der Waals surface area (Å²) in [4.78, 5) is 9.44. The highest BCUT2D eigenvalue weighted by Crippen LogP contribution is 2.02. The Balaban J connectivity index is 2.67. The molecule has 0 aromatic carbocycles. The van der Waals surface area contributed by atoms with Gasteiger partial charge in [-0.15, -0.1) is 0 Å². The molecule has 54 valence electrons. The fourth-order valence-corrected chi connectivity index (χ4v) is 0.618. The van der Waals surface area contributed by atoms with Crippen LogP contribution in [-0.2, 0) is 6.54 Å².